The highest BCUT2D eigenvalue weighted by Crippen LogP contribution is 2.29. The quantitative estimate of drug-likeness (QED) is 0.323. The number of aromatic amines is 1. The summed E-state index contributed by atoms with van der Waals surface area (Å²) >= 11 is 1.18. The number of aryl methyl sites for hydroxylation is 2. The first-order chi connectivity index (χ1) is 13.9. The summed E-state index contributed by atoms with van der Waals surface area (Å²) in [5.41, 5.74) is 2.06. The minimum absolute atomic E-state index is 0.0365. The molecule has 2 N–H and O–H groups in total. The molecular weight excluding hydrogens is 392 g/mol. The number of benzene rings is 2. The Balaban J connectivity index is 1.68. The van der Waals surface area contributed by atoms with Gasteiger partial charge in [0.1, 0.15) is 11.5 Å². The maximum atomic E-state index is 15.1. The zero-order valence-electron chi connectivity index (χ0n) is 15.7. The predicted octanol–water partition coefficient (Wildman–Crippen LogP) is 5.81. The van der Waals surface area contributed by atoms with E-state index in [2.05, 4.69) is 14.7 Å². The minimum Gasteiger partial charge on any atom is -0.345 e. The SMILES string of the molecule is Cc1ccc(SNc2ccc(F)c(C(=O)c3c[nH]c4ncc(C)cc34)c2F)cc1. The van der Waals surface area contributed by atoms with Crippen molar-refractivity contribution in [1.82, 2.24) is 9.97 Å². The van der Waals surface area contributed by atoms with Gasteiger partial charge < -0.3 is 9.71 Å². The topological polar surface area (TPSA) is 57.8 Å². The number of halogens is 2. The maximum absolute atomic E-state index is 15.1. The molecule has 0 saturated heterocycles. The van der Waals surface area contributed by atoms with Crippen LogP contribution in [0.25, 0.3) is 11.0 Å². The third-order valence-corrected chi connectivity index (χ3v) is 5.36. The van der Waals surface area contributed by atoms with Crippen molar-refractivity contribution in [3.63, 3.8) is 0 Å². The fourth-order valence-electron chi connectivity index (χ4n) is 2.99. The number of carbonyl (C=O) groups excluding carboxylic acids is 1. The standard InChI is InChI=1S/C22H17F2N3OS/c1-12-3-5-14(6-4-12)29-27-18-8-7-17(23)19(20(18)24)21(28)16-11-26-22-15(16)9-13(2)10-25-22/h3-11,27H,1-2H3,(H,25,26). The summed E-state index contributed by atoms with van der Waals surface area (Å²) in [6.07, 6.45) is 3.08. The molecule has 2 heterocycles. The fourth-order valence-corrected chi connectivity index (χ4v) is 3.65. The van der Waals surface area contributed by atoms with E-state index in [1.807, 2.05) is 38.1 Å². The number of hydrogen-bond donors (Lipinski definition) is 2. The van der Waals surface area contributed by atoms with Crippen LogP contribution in [-0.4, -0.2) is 15.8 Å². The minimum atomic E-state index is -0.926. The molecule has 0 aliphatic rings. The van der Waals surface area contributed by atoms with Gasteiger partial charge in [-0.15, -0.1) is 0 Å². The summed E-state index contributed by atoms with van der Waals surface area (Å²) in [5, 5.41) is 0.529. The number of fused-ring (bicyclic) bond motifs is 1. The zero-order chi connectivity index (χ0) is 20.5. The van der Waals surface area contributed by atoms with Crippen LogP contribution in [0, 0.1) is 25.5 Å². The van der Waals surface area contributed by atoms with Crippen molar-refractivity contribution in [2.75, 3.05) is 4.72 Å². The first-order valence-electron chi connectivity index (χ1n) is 8.90. The van der Waals surface area contributed by atoms with Crippen LogP contribution in [0.5, 0.6) is 0 Å². The molecule has 0 saturated carbocycles. The molecule has 0 radical (unpaired) electrons. The van der Waals surface area contributed by atoms with Crippen LogP contribution in [0.1, 0.15) is 27.0 Å². The summed E-state index contributed by atoms with van der Waals surface area (Å²) in [7, 11) is 0. The average molecular weight is 409 g/mol. The van der Waals surface area contributed by atoms with Crippen LogP contribution in [0.3, 0.4) is 0 Å². The molecule has 0 unspecified atom stereocenters. The molecule has 4 nitrogen and oxygen atoms in total. The van der Waals surface area contributed by atoms with E-state index in [0.29, 0.717) is 11.0 Å². The Morgan fingerprint density at radius 3 is 2.59 bits per heavy atom. The van der Waals surface area contributed by atoms with Crippen LogP contribution >= 0.6 is 11.9 Å². The maximum Gasteiger partial charge on any atom is 0.201 e. The lowest BCUT2D eigenvalue weighted by Crippen LogP contribution is -2.09. The first-order valence-corrected chi connectivity index (χ1v) is 9.71. The Hall–Kier alpha value is -3.19. The second-order valence-corrected chi connectivity index (χ2v) is 7.62. The number of nitrogens with zero attached hydrogens (tertiary/aromatic N) is 1. The number of ketones is 1. The summed E-state index contributed by atoms with van der Waals surface area (Å²) in [4.78, 5) is 20.9. The van der Waals surface area contributed by atoms with Gasteiger partial charge in [0.15, 0.2) is 5.82 Å². The number of rotatable bonds is 5. The normalized spacial score (nSPS) is 11.0. The van der Waals surface area contributed by atoms with Gasteiger partial charge in [-0.25, -0.2) is 13.8 Å². The lowest BCUT2D eigenvalue weighted by atomic mass is 10.0. The molecule has 0 bridgehead atoms. The van der Waals surface area contributed by atoms with Gasteiger partial charge in [0.2, 0.25) is 5.78 Å². The van der Waals surface area contributed by atoms with E-state index in [9.17, 15) is 9.18 Å². The van der Waals surface area contributed by atoms with E-state index in [0.717, 1.165) is 22.1 Å². The van der Waals surface area contributed by atoms with E-state index in [-0.39, 0.29) is 11.3 Å². The summed E-state index contributed by atoms with van der Waals surface area (Å²) in [5.74, 6) is -2.57. The Bertz CT molecular complexity index is 1220. The van der Waals surface area contributed by atoms with Gasteiger partial charge in [0, 0.05) is 28.2 Å². The Kier molecular flexibility index (Phi) is 5.07. The van der Waals surface area contributed by atoms with Gasteiger partial charge in [-0.3, -0.25) is 4.79 Å². The summed E-state index contributed by atoms with van der Waals surface area (Å²) < 4.78 is 32.4. The number of anilines is 1. The van der Waals surface area contributed by atoms with Crippen molar-refractivity contribution in [3.8, 4) is 0 Å². The number of aromatic nitrogens is 2. The highest BCUT2D eigenvalue weighted by Gasteiger charge is 2.24. The molecule has 2 aromatic carbocycles. The van der Waals surface area contributed by atoms with E-state index in [1.165, 1.54) is 24.2 Å². The van der Waals surface area contributed by atoms with Crippen LogP contribution in [0.15, 0.2) is 59.8 Å². The molecule has 2 aromatic heterocycles. The van der Waals surface area contributed by atoms with Crippen LogP contribution in [0.2, 0.25) is 0 Å². The number of H-pyrrole nitrogens is 1. The molecule has 7 heteroatoms. The van der Waals surface area contributed by atoms with Crippen LogP contribution < -0.4 is 4.72 Å². The lowest BCUT2D eigenvalue weighted by molar-refractivity contribution is 0.103. The number of hydrogen-bond acceptors (Lipinski definition) is 4. The van der Waals surface area contributed by atoms with Gasteiger partial charge in [0.25, 0.3) is 0 Å². The molecule has 4 aromatic rings. The third-order valence-electron chi connectivity index (χ3n) is 4.53. The molecule has 0 spiro atoms. The van der Waals surface area contributed by atoms with Crippen molar-refractivity contribution < 1.29 is 13.6 Å². The smallest absolute Gasteiger partial charge is 0.201 e. The average Bonchev–Trinajstić information content (AvgIpc) is 3.11. The van der Waals surface area contributed by atoms with Crippen LogP contribution in [0.4, 0.5) is 14.5 Å². The third kappa shape index (κ3) is 3.73. The summed E-state index contributed by atoms with van der Waals surface area (Å²) in [6, 6.07) is 11.8. The molecule has 29 heavy (non-hydrogen) atoms. The first kappa shape index (κ1) is 19.1. The number of pyridine rings is 1. The molecule has 0 atom stereocenters. The second kappa shape index (κ2) is 7.67. The van der Waals surface area contributed by atoms with Crippen molar-refractivity contribution in [2.45, 2.75) is 18.7 Å². The Morgan fingerprint density at radius 2 is 1.83 bits per heavy atom. The molecule has 146 valence electrons. The molecule has 0 fully saturated rings. The van der Waals surface area contributed by atoms with Gasteiger partial charge in [-0.1, -0.05) is 17.7 Å². The number of nitrogens with one attached hydrogen (secondary N) is 2. The molecule has 0 aliphatic carbocycles. The summed E-state index contributed by atoms with van der Waals surface area (Å²) in [6.45, 7) is 3.81. The monoisotopic (exact) mass is 409 g/mol. The van der Waals surface area contributed by atoms with E-state index in [1.54, 1.807) is 12.3 Å². The van der Waals surface area contributed by atoms with E-state index < -0.39 is 23.0 Å². The van der Waals surface area contributed by atoms with E-state index in [4.69, 9.17) is 0 Å². The second-order valence-electron chi connectivity index (χ2n) is 6.74. The van der Waals surface area contributed by atoms with Gasteiger partial charge in [0.05, 0.1) is 11.3 Å². The predicted molar refractivity (Wildman–Crippen MR) is 111 cm³/mol. The van der Waals surface area contributed by atoms with Gasteiger partial charge in [-0.05, 0) is 61.7 Å². The molecular formula is C22H17F2N3OS. The fraction of sp³-hybridized carbons (Fsp3) is 0.0909. The Morgan fingerprint density at radius 1 is 1.07 bits per heavy atom. The van der Waals surface area contributed by atoms with Crippen molar-refractivity contribution in [2.24, 2.45) is 0 Å². The number of carbonyl (C=O) groups is 1. The molecule has 0 amide bonds. The lowest BCUT2D eigenvalue weighted by Gasteiger charge is -2.11. The molecule has 0 aliphatic heterocycles. The van der Waals surface area contributed by atoms with Crippen molar-refractivity contribution in [1.29, 1.82) is 0 Å². The van der Waals surface area contributed by atoms with Crippen LogP contribution in [-0.2, 0) is 0 Å². The zero-order valence-corrected chi connectivity index (χ0v) is 16.5. The van der Waals surface area contributed by atoms with Crippen molar-refractivity contribution >= 4 is 34.5 Å². The van der Waals surface area contributed by atoms with Crippen molar-refractivity contribution in [3.05, 3.63) is 88.7 Å². The van der Waals surface area contributed by atoms with Gasteiger partial charge in [-0.2, -0.15) is 0 Å². The Labute approximate surface area is 170 Å². The highest BCUT2D eigenvalue weighted by molar-refractivity contribution is 8.00. The van der Waals surface area contributed by atoms with E-state index >= 15 is 4.39 Å². The van der Waals surface area contributed by atoms with Gasteiger partial charge >= 0.3 is 0 Å². The largest absolute Gasteiger partial charge is 0.345 e. The highest BCUT2D eigenvalue weighted by atomic mass is 32.2. The molecule has 4 rings (SSSR count).